The van der Waals surface area contributed by atoms with Crippen molar-refractivity contribution in [2.24, 2.45) is 0 Å². The van der Waals surface area contributed by atoms with Gasteiger partial charge in [-0.1, -0.05) is 11.6 Å². The van der Waals surface area contributed by atoms with Crippen LogP contribution in [0.15, 0.2) is 30.2 Å². The fourth-order valence-corrected chi connectivity index (χ4v) is 3.55. The van der Waals surface area contributed by atoms with E-state index in [-0.39, 0.29) is 58.0 Å². The topological polar surface area (TPSA) is 97.7 Å². The molecule has 1 aromatic carbocycles. The number of ketones is 2. The molecule has 3 rings (SSSR count). The summed E-state index contributed by atoms with van der Waals surface area (Å²) in [5, 5.41) is 11.1. The molecule has 2 aliphatic rings. The summed E-state index contributed by atoms with van der Waals surface area (Å²) >= 11 is 6.49. The zero-order chi connectivity index (χ0) is 19.8. The second-order valence-electron chi connectivity index (χ2n) is 6.12. The molecule has 1 atom stereocenters. The Balaban J connectivity index is 2.17. The Labute approximate surface area is 161 Å². The van der Waals surface area contributed by atoms with Crippen LogP contribution in [0, 0.1) is 5.41 Å². The first-order chi connectivity index (χ1) is 12.9. The third-order valence-electron chi connectivity index (χ3n) is 4.62. The lowest BCUT2D eigenvalue weighted by atomic mass is 9.83. The van der Waals surface area contributed by atoms with Crippen LogP contribution in [0.5, 0.6) is 11.5 Å². The molecule has 7 nitrogen and oxygen atoms in total. The van der Waals surface area contributed by atoms with Crippen molar-refractivity contribution in [3.05, 3.63) is 46.3 Å². The van der Waals surface area contributed by atoms with E-state index in [2.05, 4.69) is 5.32 Å². The Hall–Kier alpha value is -2.80. The van der Waals surface area contributed by atoms with Crippen LogP contribution < -0.4 is 14.8 Å². The number of ether oxygens (including phenoxy) is 3. The van der Waals surface area contributed by atoms with Crippen LogP contribution in [0.2, 0.25) is 5.02 Å². The molecular weight excluding hydrogens is 372 g/mol. The summed E-state index contributed by atoms with van der Waals surface area (Å²) < 4.78 is 16.7. The van der Waals surface area contributed by atoms with Gasteiger partial charge in [0.1, 0.15) is 11.3 Å². The summed E-state index contributed by atoms with van der Waals surface area (Å²) in [6, 6.07) is 1.54. The van der Waals surface area contributed by atoms with Gasteiger partial charge in [-0.15, -0.1) is 0 Å². The number of nitrogens with one attached hydrogen (secondary N) is 2. The molecule has 1 aromatic rings. The fourth-order valence-electron chi connectivity index (χ4n) is 3.27. The normalized spacial score (nSPS) is 21.1. The molecule has 2 N–H and O–H groups in total. The smallest absolute Gasteiger partial charge is 0.228 e. The molecule has 1 aliphatic heterocycles. The van der Waals surface area contributed by atoms with Crippen LogP contribution in [0.1, 0.15) is 28.8 Å². The van der Waals surface area contributed by atoms with E-state index in [4.69, 9.17) is 31.2 Å². The summed E-state index contributed by atoms with van der Waals surface area (Å²) in [4.78, 5) is 25.0. The van der Waals surface area contributed by atoms with Gasteiger partial charge in [-0.2, -0.15) is 0 Å². The Morgan fingerprint density at radius 1 is 1.37 bits per heavy atom. The fraction of sp³-hybridized carbons (Fsp3) is 0.316. The van der Waals surface area contributed by atoms with Crippen molar-refractivity contribution in [2.75, 3.05) is 21.3 Å². The van der Waals surface area contributed by atoms with E-state index in [0.717, 1.165) is 0 Å². The highest BCUT2D eigenvalue weighted by Gasteiger charge is 2.56. The van der Waals surface area contributed by atoms with E-state index >= 15 is 0 Å². The van der Waals surface area contributed by atoms with Gasteiger partial charge in [0.2, 0.25) is 11.4 Å². The van der Waals surface area contributed by atoms with Crippen molar-refractivity contribution in [3.8, 4) is 11.5 Å². The molecule has 1 spiro atoms. The standard InChI is InChI=1S/C19H19ClN2O5/c1-22-7-5-12(21)11-9-13(25-2)15-17(16(11)20)27-19(18(15)24)6-4-10(23)8-14(19)26-3/h5,7-9,21-22H,4,6H2,1-3H3/b7-5-,21-12?/t19-/m0/s1. The van der Waals surface area contributed by atoms with Gasteiger partial charge >= 0.3 is 0 Å². The van der Waals surface area contributed by atoms with Crippen LogP contribution >= 0.6 is 11.6 Å². The zero-order valence-corrected chi connectivity index (χ0v) is 15.9. The molecular formula is C19H19ClN2O5. The maximum atomic E-state index is 13.3. The van der Waals surface area contributed by atoms with E-state index in [1.807, 2.05) is 0 Å². The number of carbonyl (C=O) groups is 2. The average Bonchev–Trinajstić information content (AvgIpc) is 2.96. The van der Waals surface area contributed by atoms with Crippen molar-refractivity contribution in [1.82, 2.24) is 5.32 Å². The summed E-state index contributed by atoms with van der Waals surface area (Å²) in [6.45, 7) is 0. The molecule has 0 saturated carbocycles. The summed E-state index contributed by atoms with van der Waals surface area (Å²) in [7, 11) is 4.52. The number of fused-ring (bicyclic) bond motifs is 1. The van der Waals surface area contributed by atoms with Crippen molar-refractivity contribution >= 4 is 28.9 Å². The quantitative estimate of drug-likeness (QED) is 0.750. The van der Waals surface area contributed by atoms with Gasteiger partial charge in [-0.05, 0) is 18.3 Å². The number of rotatable bonds is 5. The molecule has 0 amide bonds. The Morgan fingerprint density at radius 2 is 2.11 bits per heavy atom. The van der Waals surface area contributed by atoms with Gasteiger partial charge in [-0.25, -0.2) is 0 Å². The van der Waals surface area contributed by atoms with Crippen LogP contribution in [0.3, 0.4) is 0 Å². The summed E-state index contributed by atoms with van der Waals surface area (Å²) in [5.41, 5.74) is -0.773. The second-order valence-corrected chi connectivity index (χ2v) is 6.50. The molecule has 142 valence electrons. The molecule has 0 fully saturated rings. The van der Waals surface area contributed by atoms with E-state index in [1.54, 1.807) is 13.2 Å². The molecule has 0 unspecified atom stereocenters. The molecule has 1 heterocycles. The Kier molecular flexibility index (Phi) is 4.97. The number of halogens is 1. The van der Waals surface area contributed by atoms with Gasteiger partial charge in [0.25, 0.3) is 0 Å². The van der Waals surface area contributed by atoms with Gasteiger partial charge in [0.15, 0.2) is 17.3 Å². The van der Waals surface area contributed by atoms with Crippen LogP contribution in [-0.4, -0.2) is 44.1 Å². The highest BCUT2D eigenvalue weighted by molar-refractivity contribution is 6.37. The molecule has 1 aliphatic carbocycles. The van der Waals surface area contributed by atoms with Gasteiger partial charge in [0.05, 0.1) is 25.0 Å². The highest BCUT2D eigenvalue weighted by Crippen LogP contribution is 2.51. The minimum absolute atomic E-state index is 0.119. The second kappa shape index (κ2) is 7.08. The lowest BCUT2D eigenvalue weighted by Gasteiger charge is -2.31. The molecule has 27 heavy (non-hydrogen) atoms. The van der Waals surface area contributed by atoms with Gasteiger partial charge in [0, 0.05) is 31.5 Å². The first-order valence-corrected chi connectivity index (χ1v) is 8.63. The predicted octanol–water partition coefficient (Wildman–Crippen LogP) is 2.66. The third kappa shape index (κ3) is 2.88. The number of carbonyl (C=O) groups excluding carboxylic acids is 2. The van der Waals surface area contributed by atoms with Crippen LogP contribution in [0.25, 0.3) is 0 Å². The van der Waals surface area contributed by atoms with Crippen LogP contribution in [-0.2, 0) is 9.53 Å². The van der Waals surface area contributed by atoms with Crippen molar-refractivity contribution in [1.29, 1.82) is 5.41 Å². The molecule has 0 saturated heterocycles. The molecule has 0 aromatic heterocycles. The highest BCUT2D eigenvalue weighted by atomic mass is 35.5. The predicted molar refractivity (Wildman–Crippen MR) is 100 cm³/mol. The molecule has 0 bridgehead atoms. The lowest BCUT2D eigenvalue weighted by Crippen LogP contribution is -2.45. The number of allylic oxidation sites excluding steroid dienone is 2. The minimum atomic E-state index is -1.44. The molecule has 0 radical (unpaired) electrons. The zero-order valence-electron chi connectivity index (χ0n) is 15.1. The summed E-state index contributed by atoms with van der Waals surface area (Å²) in [5.74, 6) is 0.0187. The van der Waals surface area contributed by atoms with E-state index < -0.39 is 5.60 Å². The van der Waals surface area contributed by atoms with Gasteiger partial charge in [-0.3, -0.25) is 9.59 Å². The number of benzene rings is 1. The van der Waals surface area contributed by atoms with Crippen LogP contribution in [0.4, 0.5) is 0 Å². The van der Waals surface area contributed by atoms with E-state index in [0.29, 0.717) is 5.56 Å². The van der Waals surface area contributed by atoms with E-state index in [9.17, 15) is 9.59 Å². The minimum Gasteiger partial charge on any atom is -0.496 e. The van der Waals surface area contributed by atoms with Crippen molar-refractivity contribution in [3.63, 3.8) is 0 Å². The first-order valence-electron chi connectivity index (χ1n) is 8.25. The number of methoxy groups -OCH3 is 2. The third-order valence-corrected chi connectivity index (χ3v) is 4.99. The number of hydrogen-bond donors (Lipinski definition) is 2. The maximum absolute atomic E-state index is 13.3. The maximum Gasteiger partial charge on any atom is 0.228 e. The lowest BCUT2D eigenvalue weighted by molar-refractivity contribution is -0.116. The number of Topliss-reactive ketones (excluding diaryl/α,β-unsaturated/α-hetero) is 1. The van der Waals surface area contributed by atoms with Gasteiger partial charge < -0.3 is 24.9 Å². The van der Waals surface area contributed by atoms with E-state index in [1.165, 1.54) is 32.4 Å². The van der Waals surface area contributed by atoms with Crippen molar-refractivity contribution < 1.29 is 23.8 Å². The average molecular weight is 391 g/mol. The van der Waals surface area contributed by atoms with Crippen molar-refractivity contribution in [2.45, 2.75) is 18.4 Å². The Morgan fingerprint density at radius 3 is 2.74 bits per heavy atom. The summed E-state index contributed by atoms with van der Waals surface area (Å²) in [6.07, 6.45) is 4.70. The largest absolute Gasteiger partial charge is 0.496 e. The molecule has 8 heteroatoms. The Bertz CT molecular complexity index is 906. The monoisotopic (exact) mass is 390 g/mol. The first kappa shape index (κ1) is 19.0. The SMILES string of the molecule is CN/C=C\C(=N)c1cc(OC)c2c(c1Cl)O[C@]1(CCC(=O)C=C1OC)C2=O. The number of hydrogen-bond acceptors (Lipinski definition) is 7.